The first-order chi connectivity index (χ1) is 13.1. The van der Waals surface area contributed by atoms with Crippen molar-refractivity contribution in [3.8, 4) is 0 Å². The molecule has 0 radical (unpaired) electrons. The van der Waals surface area contributed by atoms with Crippen molar-refractivity contribution >= 4 is 11.5 Å². The van der Waals surface area contributed by atoms with Crippen molar-refractivity contribution in [2.45, 2.75) is 19.9 Å². The molecule has 1 unspecified atom stereocenters. The van der Waals surface area contributed by atoms with Gasteiger partial charge in [-0.2, -0.15) is 0 Å². The van der Waals surface area contributed by atoms with E-state index in [4.69, 9.17) is 9.73 Å². The summed E-state index contributed by atoms with van der Waals surface area (Å²) in [5.41, 5.74) is 3.22. The molecule has 3 heterocycles. The minimum atomic E-state index is -0.230. The molecule has 0 aromatic heterocycles. The highest BCUT2D eigenvalue weighted by Gasteiger charge is 2.27. The van der Waals surface area contributed by atoms with Crippen molar-refractivity contribution < 1.29 is 9.13 Å². The zero-order chi connectivity index (χ0) is 18.8. The lowest BCUT2D eigenvalue weighted by atomic mass is 9.99. The molecular formula is C21H25FN4O. The molecule has 0 amide bonds. The number of morpholine rings is 1. The van der Waals surface area contributed by atoms with Gasteiger partial charge in [0.2, 0.25) is 0 Å². The van der Waals surface area contributed by atoms with Crippen LogP contribution in [0.5, 0.6) is 0 Å². The van der Waals surface area contributed by atoms with Gasteiger partial charge in [0.25, 0.3) is 0 Å². The van der Waals surface area contributed by atoms with Gasteiger partial charge in [-0.05, 0) is 55.8 Å². The summed E-state index contributed by atoms with van der Waals surface area (Å²) >= 11 is 0. The van der Waals surface area contributed by atoms with Crippen LogP contribution >= 0.6 is 0 Å². The van der Waals surface area contributed by atoms with Crippen LogP contribution in [0.3, 0.4) is 0 Å². The van der Waals surface area contributed by atoms with Gasteiger partial charge in [-0.3, -0.25) is 0 Å². The van der Waals surface area contributed by atoms with Crippen molar-refractivity contribution in [1.29, 1.82) is 0 Å². The molecule has 0 saturated carbocycles. The summed E-state index contributed by atoms with van der Waals surface area (Å²) in [6.45, 7) is 8.26. The fourth-order valence-electron chi connectivity index (χ4n) is 3.61. The standard InChI is InChI=1S/C21H25FN4O/c1-15-13-19(16(2)23-18-5-3-17(22)4-6-18)21-24-20(7-8-26(21)14-15)25-9-11-27-12-10-25/h3-7,13-14,16,23H,8-12H2,1-2H3. The number of hydrogen-bond acceptors (Lipinski definition) is 5. The van der Waals surface area contributed by atoms with Crippen LogP contribution < -0.4 is 5.32 Å². The summed E-state index contributed by atoms with van der Waals surface area (Å²) in [6, 6.07) is 6.51. The molecule has 1 N–H and O–H groups in total. The largest absolute Gasteiger partial charge is 0.378 e. The highest BCUT2D eigenvalue weighted by Crippen LogP contribution is 2.26. The maximum Gasteiger partial charge on any atom is 0.140 e. The summed E-state index contributed by atoms with van der Waals surface area (Å²) in [5, 5.41) is 3.46. The molecule has 1 fully saturated rings. The van der Waals surface area contributed by atoms with E-state index in [0.717, 1.165) is 55.8 Å². The summed E-state index contributed by atoms with van der Waals surface area (Å²) in [6.07, 6.45) is 6.50. The van der Waals surface area contributed by atoms with Gasteiger partial charge in [0.15, 0.2) is 0 Å². The van der Waals surface area contributed by atoms with Crippen molar-refractivity contribution in [1.82, 2.24) is 9.80 Å². The third-order valence-corrected chi connectivity index (χ3v) is 4.99. The molecule has 1 aromatic rings. The number of halogens is 1. The van der Waals surface area contributed by atoms with Crippen molar-refractivity contribution in [2.75, 3.05) is 38.2 Å². The van der Waals surface area contributed by atoms with Crippen LogP contribution in [0.2, 0.25) is 0 Å². The number of anilines is 1. The lowest BCUT2D eigenvalue weighted by Gasteiger charge is -2.36. The van der Waals surface area contributed by atoms with Gasteiger partial charge in [-0.1, -0.05) is 0 Å². The Morgan fingerprint density at radius 3 is 2.67 bits per heavy atom. The number of benzene rings is 1. The smallest absolute Gasteiger partial charge is 0.140 e. The zero-order valence-corrected chi connectivity index (χ0v) is 15.8. The predicted octanol–water partition coefficient (Wildman–Crippen LogP) is 3.36. The molecule has 4 rings (SSSR count). The first-order valence-corrected chi connectivity index (χ1v) is 9.41. The van der Waals surface area contributed by atoms with Gasteiger partial charge in [-0.25, -0.2) is 9.38 Å². The first-order valence-electron chi connectivity index (χ1n) is 9.41. The minimum Gasteiger partial charge on any atom is -0.378 e. The fourth-order valence-corrected chi connectivity index (χ4v) is 3.61. The van der Waals surface area contributed by atoms with Crippen molar-refractivity contribution in [3.63, 3.8) is 0 Å². The Kier molecular flexibility index (Phi) is 4.99. The maximum atomic E-state index is 13.2. The highest BCUT2D eigenvalue weighted by molar-refractivity contribution is 6.03. The molecular weight excluding hydrogens is 343 g/mol. The quantitative estimate of drug-likeness (QED) is 0.885. The van der Waals surface area contributed by atoms with E-state index in [-0.39, 0.29) is 11.9 Å². The molecule has 142 valence electrons. The predicted molar refractivity (Wildman–Crippen MR) is 106 cm³/mol. The van der Waals surface area contributed by atoms with E-state index in [1.807, 2.05) is 0 Å². The third-order valence-electron chi connectivity index (χ3n) is 4.99. The third kappa shape index (κ3) is 3.90. The topological polar surface area (TPSA) is 40.1 Å². The molecule has 1 aromatic carbocycles. The molecule has 5 nitrogen and oxygen atoms in total. The van der Waals surface area contributed by atoms with E-state index in [9.17, 15) is 4.39 Å². The Bertz CT molecular complexity index is 819. The van der Waals surface area contributed by atoms with Crippen LogP contribution in [-0.2, 0) is 4.74 Å². The number of nitrogens with zero attached hydrogens (tertiary/aromatic N) is 3. The Labute approximate surface area is 159 Å². The number of hydrogen-bond donors (Lipinski definition) is 1. The number of aliphatic imine (C=N–C) groups is 1. The Balaban J connectivity index is 1.57. The van der Waals surface area contributed by atoms with Gasteiger partial charge in [0, 0.05) is 37.1 Å². The Morgan fingerprint density at radius 2 is 1.93 bits per heavy atom. The first kappa shape index (κ1) is 17.8. The van der Waals surface area contributed by atoms with Crippen LogP contribution in [0.1, 0.15) is 13.8 Å². The Morgan fingerprint density at radius 1 is 1.19 bits per heavy atom. The molecule has 1 saturated heterocycles. The number of amidine groups is 1. The van der Waals surface area contributed by atoms with Gasteiger partial charge >= 0.3 is 0 Å². The second kappa shape index (κ2) is 7.56. The van der Waals surface area contributed by atoms with E-state index in [1.54, 1.807) is 12.1 Å². The van der Waals surface area contributed by atoms with Crippen LogP contribution in [0.25, 0.3) is 0 Å². The van der Waals surface area contributed by atoms with Gasteiger partial charge in [0.05, 0.1) is 19.3 Å². The fraction of sp³-hybridized carbons (Fsp3) is 0.381. The Hall–Kier alpha value is -2.60. The van der Waals surface area contributed by atoms with E-state index in [2.05, 4.69) is 47.3 Å². The number of fused-ring (bicyclic) bond motifs is 1. The number of ether oxygens (including phenoxy) is 1. The summed E-state index contributed by atoms with van der Waals surface area (Å²) < 4.78 is 18.6. The van der Waals surface area contributed by atoms with E-state index in [1.165, 1.54) is 17.7 Å². The van der Waals surface area contributed by atoms with Crippen LogP contribution in [-0.4, -0.2) is 54.5 Å². The van der Waals surface area contributed by atoms with Crippen molar-refractivity contribution in [3.05, 3.63) is 65.4 Å². The van der Waals surface area contributed by atoms with Crippen LogP contribution in [0, 0.1) is 5.82 Å². The number of nitrogens with one attached hydrogen (secondary N) is 1. The summed E-state index contributed by atoms with van der Waals surface area (Å²) in [5.74, 6) is 1.77. The summed E-state index contributed by atoms with van der Waals surface area (Å²) in [4.78, 5) is 9.46. The monoisotopic (exact) mass is 368 g/mol. The maximum absolute atomic E-state index is 13.2. The molecule has 6 heteroatoms. The minimum absolute atomic E-state index is 0.0457. The lowest BCUT2D eigenvalue weighted by Crippen LogP contribution is -2.41. The molecule has 27 heavy (non-hydrogen) atoms. The molecule has 1 atom stereocenters. The van der Waals surface area contributed by atoms with E-state index < -0.39 is 0 Å². The van der Waals surface area contributed by atoms with Crippen LogP contribution in [0.4, 0.5) is 10.1 Å². The molecule has 3 aliphatic heterocycles. The van der Waals surface area contributed by atoms with Gasteiger partial charge in [0.1, 0.15) is 17.5 Å². The molecule has 0 bridgehead atoms. The normalized spacial score (nSPS) is 20.9. The number of rotatable bonds is 4. The van der Waals surface area contributed by atoms with Crippen molar-refractivity contribution in [2.24, 2.45) is 4.99 Å². The second-order valence-electron chi connectivity index (χ2n) is 7.10. The zero-order valence-electron chi connectivity index (χ0n) is 15.8. The van der Waals surface area contributed by atoms with Gasteiger partial charge in [-0.15, -0.1) is 0 Å². The number of allylic oxidation sites excluding steroid dienone is 2. The molecule has 0 aliphatic carbocycles. The molecule has 0 spiro atoms. The van der Waals surface area contributed by atoms with E-state index in [0.29, 0.717) is 0 Å². The SMILES string of the molecule is CC1=CN2CC=C(N3CCOCC3)N=C2C(C(C)Nc2ccc(F)cc2)=C1. The average Bonchev–Trinajstić information content (AvgIpc) is 2.69. The highest BCUT2D eigenvalue weighted by atomic mass is 19.1. The van der Waals surface area contributed by atoms with Crippen LogP contribution in [0.15, 0.2) is 64.6 Å². The lowest BCUT2D eigenvalue weighted by molar-refractivity contribution is 0.0527. The van der Waals surface area contributed by atoms with Gasteiger partial charge < -0.3 is 19.9 Å². The summed E-state index contributed by atoms with van der Waals surface area (Å²) in [7, 11) is 0. The second-order valence-corrected chi connectivity index (χ2v) is 7.10. The average molecular weight is 368 g/mol. The molecule has 3 aliphatic rings. The van der Waals surface area contributed by atoms with E-state index >= 15 is 0 Å².